The third-order valence-electron chi connectivity index (χ3n) is 1.36. The molecule has 1 aromatic heterocycles. The summed E-state index contributed by atoms with van der Waals surface area (Å²) in [7, 11) is 0. The molecule has 0 saturated carbocycles. The monoisotopic (exact) mass is 168 g/mol. The lowest BCUT2D eigenvalue weighted by molar-refractivity contribution is 0.131. The van der Waals surface area contributed by atoms with E-state index in [0.29, 0.717) is 0 Å². The van der Waals surface area contributed by atoms with Gasteiger partial charge in [-0.2, -0.15) is 5.10 Å². The van der Waals surface area contributed by atoms with E-state index < -0.39 is 0 Å². The summed E-state index contributed by atoms with van der Waals surface area (Å²) in [6, 6.07) is 0. The standard InChI is InChI=1S/C9H16N2O/c1-5-11-7-8(6-10-11)12-9(2,3)4/h6-7H,5H2,1-4H3. The van der Waals surface area contributed by atoms with E-state index in [4.69, 9.17) is 4.74 Å². The van der Waals surface area contributed by atoms with Crippen molar-refractivity contribution in [3.05, 3.63) is 12.4 Å². The van der Waals surface area contributed by atoms with Crippen molar-refractivity contribution in [2.24, 2.45) is 0 Å². The zero-order valence-electron chi connectivity index (χ0n) is 8.16. The van der Waals surface area contributed by atoms with Crippen molar-refractivity contribution in [2.45, 2.75) is 39.8 Å². The van der Waals surface area contributed by atoms with E-state index >= 15 is 0 Å². The molecular weight excluding hydrogens is 152 g/mol. The molecule has 3 nitrogen and oxygen atoms in total. The van der Waals surface area contributed by atoms with Gasteiger partial charge in [0.1, 0.15) is 5.60 Å². The second-order valence-corrected chi connectivity index (χ2v) is 3.75. The maximum Gasteiger partial charge on any atom is 0.157 e. The summed E-state index contributed by atoms with van der Waals surface area (Å²) in [6.07, 6.45) is 3.65. The molecule has 0 spiro atoms. The topological polar surface area (TPSA) is 27.1 Å². The molecule has 12 heavy (non-hydrogen) atoms. The molecule has 0 radical (unpaired) electrons. The maximum atomic E-state index is 5.60. The highest BCUT2D eigenvalue weighted by molar-refractivity contribution is 5.12. The molecule has 0 amide bonds. The fourth-order valence-electron chi connectivity index (χ4n) is 0.924. The fourth-order valence-corrected chi connectivity index (χ4v) is 0.924. The Kier molecular flexibility index (Phi) is 2.40. The van der Waals surface area contributed by atoms with Crippen molar-refractivity contribution in [1.82, 2.24) is 9.78 Å². The van der Waals surface area contributed by atoms with Gasteiger partial charge in [-0.05, 0) is 27.7 Å². The van der Waals surface area contributed by atoms with Crippen molar-refractivity contribution in [2.75, 3.05) is 0 Å². The third-order valence-corrected chi connectivity index (χ3v) is 1.36. The van der Waals surface area contributed by atoms with Crippen molar-refractivity contribution >= 4 is 0 Å². The van der Waals surface area contributed by atoms with Crippen LogP contribution in [-0.2, 0) is 6.54 Å². The van der Waals surface area contributed by atoms with Crippen LogP contribution in [0, 0.1) is 0 Å². The molecule has 0 atom stereocenters. The lowest BCUT2D eigenvalue weighted by Crippen LogP contribution is -2.22. The van der Waals surface area contributed by atoms with E-state index in [0.717, 1.165) is 12.3 Å². The number of hydrogen-bond acceptors (Lipinski definition) is 2. The highest BCUT2D eigenvalue weighted by atomic mass is 16.5. The van der Waals surface area contributed by atoms with Crippen molar-refractivity contribution in [3.63, 3.8) is 0 Å². The smallest absolute Gasteiger partial charge is 0.157 e. The number of aryl methyl sites for hydroxylation is 1. The normalized spacial score (nSPS) is 11.7. The van der Waals surface area contributed by atoms with Gasteiger partial charge in [-0.3, -0.25) is 4.68 Å². The predicted octanol–water partition coefficient (Wildman–Crippen LogP) is 2.08. The lowest BCUT2D eigenvalue weighted by Gasteiger charge is -2.19. The first kappa shape index (κ1) is 9.10. The molecule has 0 unspecified atom stereocenters. The Bertz CT molecular complexity index is 247. The first-order valence-corrected chi connectivity index (χ1v) is 4.23. The Morgan fingerprint density at radius 1 is 1.50 bits per heavy atom. The summed E-state index contributed by atoms with van der Waals surface area (Å²) in [5.41, 5.74) is -0.137. The first-order chi connectivity index (χ1) is 5.51. The van der Waals surface area contributed by atoms with E-state index in [1.165, 1.54) is 0 Å². The SMILES string of the molecule is CCn1cc(OC(C)(C)C)cn1. The maximum absolute atomic E-state index is 5.60. The van der Waals surface area contributed by atoms with Crippen molar-refractivity contribution < 1.29 is 4.74 Å². The Hall–Kier alpha value is -0.990. The van der Waals surface area contributed by atoms with Crippen LogP contribution in [0.2, 0.25) is 0 Å². The minimum Gasteiger partial charge on any atom is -0.485 e. The number of hydrogen-bond donors (Lipinski definition) is 0. The molecule has 0 bridgehead atoms. The van der Waals surface area contributed by atoms with Crippen LogP contribution in [0.4, 0.5) is 0 Å². The average Bonchev–Trinajstić information content (AvgIpc) is 2.32. The van der Waals surface area contributed by atoms with Crippen LogP contribution < -0.4 is 4.74 Å². The minimum atomic E-state index is -0.137. The zero-order valence-corrected chi connectivity index (χ0v) is 8.16. The summed E-state index contributed by atoms with van der Waals surface area (Å²) in [5, 5.41) is 4.11. The van der Waals surface area contributed by atoms with Crippen LogP contribution in [0.15, 0.2) is 12.4 Å². The highest BCUT2D eigenvalue weighted by Gasteiger charge is 2.12. The predicted molar refractivity (Wildman–Crippen MR) is 48.3 cm³/mol. The van der Waals surface area contributed by atoms with Crippen molar-refractivity contribution in [3.8, 4) is 5.75 Å². The van der Waals surface area contributed by atoms with Crippen LogP contribution in [0.3, 0.4) is 0 Å². The zero-order chi connectivity index (χ0) is 9.19. The molecular formula is C9H16N2O. The van der Waals surface area contributed by atoms with Gasteiger partial charge < -0.3 is 4.74 Å². The highest BCUT2D eigenvalue weighted by Crippen LogP contribution is 2.16. The molecule has 3 heteroatoms. The van der Waals surface area contributed by atoms with Gasteiger partial charge in [0.2, 0.25) is 0 Å². The summed E-state index contributed by atoms with van der Waals surface area (Å²) in [4.78, 5) is 0. The van der Waals surface area contributed by atoms with Gasteiger partial charge in [-0.15, -0.1) is 0 Å². The molecule has 0 aliphatic rings. The summed E-state index contributed by atoms with van der Waals surface area (Å²) < 4.78 is 7.45. The quantitative estimate of drug-likeness (QED) is 0.676. The van der Waals surface area contributed by atoms with Gasteiger partial charge in [-0.1, -0.05) is 0 Å². The molecule has 1 rings (SSSR count). The molecule has 1 aromatic rings. The minimum absolute atomic E-state index is 0.137. The number of rotatable bonds is 2. The molecule has 0 aromatic carbocycles. The van der Waals surface area contributed by atoms with E-state index in [-0.39, 0.29) is 5.60 Å². The molecule has 0 fully saturated rings. The largest absolute Gasteiger partial charge is 0.485 e. The van der Waals surface area contributed by atoms with Crippen LogP contribution in [0.1, 0.15) is 27.7 Å². The Morgan fingerprint density at radius 3 is 2.58 bits per heavy atom. The van der Waals surface area contributed by atoms with Gasteiger partial charge >= 0.3 is 0 Å². The molecule has 0 aliphatic heterocycles. The summed E-state index contributed by atoms with van der Waals surface area (Å²) >= 11 is 0. The second kappa shape index (κ2) is 3.17. The van der Waals surface area contributed by atoms with Crippen LogP contribution >= 0.6 is 0 Å². The lowest BCUT2D eigenvalue weighted by atomic mass is 10.2. The van der Waals surface area contributed by atoms with Gasteiger partial charge in [-0.25, -0.2) is 0 Å². The molecule has 0 N–H and O–H groups in total. The van der Waals surface area contributed by atoms with E-state index in [1.54, 1.807) is 6.20 Å². The van der Waals surface area contributed by atoms with Gasteiger partial charge in [0.15, 0.2) is 5.75 Å². The molecule has 0 aliphatic carbocycles. The van der Waals surface area contributed by atoms with E-state index in [1.807, 2.05) is 38.6 Å². The van der Waals surface area contributed by atoms with E-state index in [2.05, 4.69) is 5.10 Å². The third kappa shape index (κ3) is 2.57. The average molecular weight is 168 g/mol. The van der Waals surface area contributed by atoms with E-state index in [9.17, 15) is 0 Å². The molecule has 68 valence electrons. The number of nitrogens with zero attached hydrogens (tertiary/aromatic N) is 2. The molecule has 0 saturated heterocycles. The summed E-state index contributed by atoms with van der Waals surface area (Å²) in [6.45, 7) is 9.00. The Morgan fingerprint density at radius 2 is 2.17 bits per heavy atom. The van der Waals surface area contributed by atoms with Crippen LogP contribution in [0.25, 0.3) is 0 Å². The fraction of sp³-hybridized carbons (Fsp3) is 0.667. The van der Waals surface area contributed by atoms with Gasteiger partial charge in [0, 0.05) is 6.54 Å². The number of aromatic nitrogens is 2. The van der Waals surface area contributed by atoms with Crippen LogP contribution in [-0.4, -0.2) is 15.4 Å². The second-order valence-electron chi connectivity index (χ2n) is 3.75. The summed E-state index contributed by atoms with van der Waals surface area (Å²) in [5.74, 6) is 0.837. The van der Waals surface area contributed by atoms with Crippen LogP contribution in [0.5, 0.6) is 5.75 Å². The Balaban J connectivity index is 2.64. The molecule has 1 heterocycles. The number of ether oxygens (including phenoxy) is 1. The van der Waals surface area contributed by atoms with Crippen molar-refractivity contribution in [1.29, 1.82) is 0 Å². The first-order valence-electron chi connectivity index (χ1n) is 4.23. The Labute approximate surface area is 73.3 Å². The van der Waals surface area contributed by atoms with Gasteiger partial charge in [0.05, 0.1) is 12.4 Å². The van der Waals surface area contributed by atoms with Gasteiger partial charge in [0.25, 0.3) is 0 Å².